The summed E-state index contributed by atoms with van der Waals surface area (Å²) < 4.78 is 5.12. The van der Waals surface area contributed by atoms with Crippen molar-refractivity contribution in [3.05, 3.63) is 35.8 Å². The number of carbonyl (C=O) groups excluding carboxylic acids is 2. The van der Waals surface area contributed by atoms with Gasteiger partial charge < -0.3 is 4.42 Å². The Morgan fingerprint density at radius 1 is 1.40 bits per heavy atom. The molecule has 15 heavy (non-hydrogen) atoms. The van der Waals surface area contributed by atoms with Crippen LogP contribution in [0.2, 0.25) is 0 Å². The molecule has 2 heterocycles. The zero-order valence-electron chi connectivity index (χ0n) is 8.40. The molecule has 0 saturated carbocycles. The minimum atomic E-state index is -0.232. The molecular weight excluding hydrogens is 194 g/mol. The Labute approximate surface area is 87.2 Å². The molecule has 1 aromatic rings. The lowest BCUT2D eigenvalue weighted by Crippen LogP contribution is -2.32. The molecule has 1 aliphatic rings. The summed E-state index contributed by atoms with van der Waals surface area (Å²) in [7, 11) is 0. The maximum Gasteiger partial charge on any atom is 0.256 e. The molecule has 4 nitrogen and oxygen atoms in total. The molecule has 0 radical (unpaired) electrons. The van der Waals surface area contributed by atoms with Gasteiger partial charge in [0.15, 0.2) is 0 Å². The molecule has 0 aromatic carbocycles. The van der Waals surface area contributed by atoms with Crippen LogP contribution in [0.15, 0.2) is 34.5 Å². The summed E-state index contributed by atoms with van der Waals surface area (Å²) in [6.07, 6.45) is 3.50. The lowest BCUT2D eigenvalue weighted by molar-refractivity contribution is -0.137. The van der Waals surface area contributed by atoms with E-state index in [9.17, 15) is 9.59 Å². The molecule has 2 amide bonds. The van der Waals surface area contributed by atoms with E-state index in [1.165, 1.54) is 11.0 Å². The third-order valence-corrected chi connectivity index (χ3v) is 2.35. The highest BCUT2D eigenvalue weighted by Gasteiger charge is 2.27. The number of carbonyl (C=O) groups is 2. The van der Waals surface area contributed by atoms with Gasteiger partial charge in [0.2, 0.25) is 0 Å². The van der Waals surface area contributed by atoms with E-state index in [2.05, 4.69) is 0 Å². The van der Waals surface area contributed by atoms with Gasteiger partial charge in [-0.25, -0.2) is 0 Å². The van der Waals surface area contributed by atoms with Crippen LogP contribution < -0.4 is 0 Å². The van der Waals surface area contributed by atoms with Gasteiger partial charge in [-0.3, -0.25) is 14.5 Å². The molecule has 0 bridgehead atoms. The first-order valence-corrected chi connectivity index (χ1v) is 4.75. The average molecular weight is 205 g/mol. The van der Waals surface area contributed by atoms with Crippen LogP contribution in [0.1, 0.15) is 12.7 Å². The lowest BCUT2D eigenvalue weighted by Gasteiger charge is -2.12. The number of furan rings is 1. The highest BCUT2D eigenvalue weighted by molar-refractivity contribution is 6.15. The van der Waals surface area contributed by atoms with Crippen LogP contribution in [0, 0.1) is 0 Å². The molecule has 0 N–H and O–H groups in total. The Morgan fingerprint density at radius 3 is 2.73 bits per heavy atom. The molecule has 4 heteroatoms. The zero-order valence-corrected chi connectivity index (χ0v) is 8.40. The normalized spacial score (nSPS) is 16.1. The zero-order chi connectivity index (χ0) is 10.8. The molecule has 2 rings (SSSR count). The number of amides is 2. The minimum absolute atomic E-state index is 0.202. The Morgan fingerprint density at radius 2 is 2.20 bits per heavy atom. The van der Waals surface area contributed by atoms with Crippen LogP contribution in [0.4, 0.5) is 0 Å². The standard InChI is InChI=1S/C11H11NO3/c1-8-7-10(13)12(11(8)14)5-4-9-3-2-6-15-9/h2-3,6-7H,4-5H2,1H3. The van der Waals surface area contributed by atoms with E-state index in [1.807, 2.05) is 6.07 Å². The van der Waals surface area contributed by atoms with Crippen molar-refractivity contribution in [2.75, 3.05) is 6.54 Å². The van der Waals surface area contributed by atoms with E-state index in [0.29, 0.717) is 18.5 Å². The van der Waals surface area contributed by atoms with Crippen molar-refractivity contribution in [2.45, 2.75) is 13.3 Å². The average Bonchev–Trinajstić information content (AvgIpc) is 2.76. The van der Waals surface area contributed by atoms with Gasteiger partial charge in [-0.05, 0) is 19.1 Å². The Kier molecular flexibility index (Phi) is 2.41. The molecule has 1 aliphatic heterocycles. The summed E-state index contributed by atoms with van der Waals surface area (Å²) in [6, 6.07) is 3.61. The van der Waals surface area contributed by atoms with Crippen molar-refractivity contribution in [1.29, 1.82) is 0 Å². The van der Waals surface area contributed by atoms with E-state index >= 15 is 0 Å². The predicted molar refractivity (Wildman–Crippen MR) is 52.9 cm³/mol. The summed E-state index contributed by atoms with van der Waals surface area (Å²) in [5.41, 5.74) is 0.499. The molecule has 0 spiro atoms. The number of imide groups is 1. The van der Waals surface area contributed by atoms with E-state index in [-0.39, 0.29) is 11.8 Å². The second-order valence-electron chi connectivity index (χ2n) is 3.45. The third-order valence-electron chi connectivity index (χ3n) is 2.35. The monoisotopic (exact) mass is 205 g/mol. The molecule has 0 fully saturated rings. The van der Waals surface area contributed by atoms with Gasteiger partial charge in [0, 0.05) is 24.6 Å². The third kappa shape index (κ3) is 1.83. The fourth-order valence-electron chi connectivity index (χ4n) is 1.53. The van der Waals surface area contributed by atoms with Crippen molar-refractivity contribution >= 4 is 11.8 Å². The summed E-state index contributed by atoms with van der Waals surface area (Å²) in [5.74, 6) is 0.343. The fourth-order valence-corrected chi connectivity index (χ4v) is 1.53. The quantitative estimate of drug-likeness (QED) is 0.695. The van der Waals surface area contributed by atoms with E-state index in [4.69, 9.17) is 4.42 Å². The predicted octanol–water partition coefficient (Wildman–Crippen LogP) is 1.14. The largest absolute Gasteiger partial charge is 0.469 e. The van der Waals surface area contributed by atoms with Gasteiger partial charge in [0.05, 0.1) is 6.26 Å². The highest BCUT2D eigenvalue weighted by atomic mass is 16.3. The molecule has 0 unspecified atom stereocenters. The van der Waals surface area contributed by atoms with Gasteiger partial charge in [0.1, 0.15) is 5.76 Å². The first kappa shape index (κ1) is 9.71. The van der Waals surface area contributed by atoms with Gasteiger partial charge in [-0.1, -0.05) is 0 Å². The van der Waals surface area contributed by atoms with E-state index < -0.39 is 0 Å². The lowest BCUT2D eigenvalue weighted by atomic mass is 10.3. The summed E-state index contributed by atoms with van der Waals surface area (Å²) in [6.45, 7) is 2.02. The van der Waals surface area contributed by atoms with Gasteiger partial charge in [-0.2, -0.15) is 0 Å². The molecule has 1 aromatic heterocycles. The smallest absolute Gasteiger partial charge is 0.256 e. The second kappa shape index (κ2) is 3.73. The molecule has 0 aliphatic carbocycles. The van der Waals surface area contributed by atoms with Crippen LogP contribution in [0.25, 0.3) is 0 Å². The number of nitrogens with zero attached hydrogens (tertiary/aromatic N) is 1. The highest BCUT2D eigenvalue weighted by Crippen LogP contribution is 2.12. The molecule has 78 valence electrons. The van der Waals surface area contributed by atoms with Crippen molar-refractivity contribution < 1.29 is 14.0 Å². The number of hydrogen-bond acceptors (Lipinski definition) is 3. The Balaban J connectivity index is 1.97. The maximum absolute atomic E-state index is 11.5. The van der Waals surface area contributed by atoms with Crippen molar-refractivity contribution in [2.24, 2.45) is 0 Å². The second-order valence-corrected chi connectivity index (χ2v) is 3.45. The SMILES string of the molecule is CC1=CC(=O)N(CCc2ccco2)C1=O. The maximum atomic E-state index is 11.5. The summed E-state index contributed by atoms with van der Waals surface area (Å²) in [5, 5.41) is 0. The first-order valence-electron chi connectivity index (χ1n) is 4.75. The van der Waals surface area contributed by atoms with Crippen LogP contribution in [-0.4, -0.2) is 23.3 Å². The Bertz CT molecular complexity index is 417. The topological polar surface area (TPSA) is 50.5 Å². The summed E-state index contributed by atoms with van der Waals surface area (Å²) >= 11 is 0. The van der Waals surface area contributed by atoms with Gasteiger partial charge >= 0.3 is 0 Å². The van der Waals surface area contributed by atoms with Crippen LogP contribution in [0.3, 0.4) is 0 Å². The first-order chi connectivity index (χ1) is 7.18. The summed E-state index contributed by atoms with van der Waals surface area (Å²) in [4.78, 5) is 24.1. The molecular formula is C11H11NO3. The number of rotatable bonds is 3. The molecule has 0 saturated heterocycles. The van der Waals surface area contributed by atoms with Crippen LogP contribution in [-0.2, 0) is 16.0 Å². The van der Waals surface area contributed by atoms with Gasteiger partial charge in [-0.15, -0.1) is 0 Å². The van der Waals surface area contributed by atoms with Crippen molar-refractivity contribution in [3.8, 4) is 0 Å². The van der Waals surface area contributed by atoms with Crippen LogP contribution in [0.5, 0.6) is 0 Å². The van der Waals surface area contributed by atoms with Crippen molar-refractivity contribution in [3.63, 3.8) is 0 Å². The van der Waals surface area contributed by atoms with E-state index in [1.54, 1.807) is 19.3 Å². The number of hydrogen-bond donors (Lipinski definition) is 0. The van der Waals surface area contributed by atoms with Gasteiger partial charge in [0.25, 0.3) is 11.8 Å². The fraction of sp³-hybridized carbons (Fsp3) is 0.273. The van der Waals surface area contributed by atoms with E-state index in [0.717, 1.165) is 5.76 Å². The Hall–Kier alpha value is -1.84. The molecule has 0 atom stereocenters. The minimum Gasteiger partial charge on any atom is -0.469 e. The van der Waals surface area contributed by atoms with Crippen LogP contribution >= 0.6 is 0 Å². The van der Waals surface area contributed by atoms with Crippen molar-refractivity contribution in [1.82, 2.24) is 4.90 Å².